The summed E-state index contributed by atoms with van der Waals surface area (Å²) in [6.07, 6.45) is 3.12. The van der Waals surface area contributed by atoms with Crippen LogP contribution in [0.3, 0.4) is 0 Å². The molecule has 0 radical (unpaired) electrons. The van der Waals surface area contributed by atoms with Crippen LogP contribution in [-0.4, -0.2) is 53.5 Å². The van der Waals surface area contributed by atoms with Crippen LogP contribution in [0.15, 0.2) is 0 Å². The van der Waals surface area contributed by atoms with Gasteiger partial charge in [0.2, 0.25) is 11.8 Å². The zero-order valence-corrected chi connectivity index (χ0v) is 13.5. The van der Waals surface area contributed by atoms with Crippen LogP contribution < -0.4 is 16.4 Å². The summed E-state index contributed by atoms with van der Waals surface area (Å²) in [4.78, 5) is 34.5. The van der Waals surface area contributed by atoms with E-state index < -0.39 is 30.5 Å². The van der Waals surface area contributed by atoms with Gasteiger partial charge in [-0.05, 0) is 24.3 Å². The van der Waals surface area contributed by atoms with Crippen LogP contribution in [0, 0.1) is 5.92 Å². The predicted molar refractivity (Wildman–Crippen MR) is 83.0 cm³/mol. The molecule has 0 bridgehead atoms. The third-order valence-corrected chi connectivity index (χ3v) is 3.82. The van der Waals surface area contributed by atoms with Crippen molar-refractivity contribution in [1.82, 2.24) is 10.6 Å². The Hall–Kier alpha value is -1.28. The molecule has 8 heteroatoms. The van der Waals surface area contributed by atoms with Crippen molar-refractivity contribution < 1.29 is 19.5 Å². The van der Waals surface area contributed by atoms with Crippen LogP contribution in [0.2, 0.25) is 0 Å². The van der Waals surface area contributed by atoms with Crippen LogP contribution in [0.5, 0.6) is 0 Å². The van der Waals surface area contributed by atoms with Crippen LogP contribution in [0.1, 0.15) is 26.7 Å². The maximum Gasteiger partial charge on any atom is 0.322 e. The van der Waals surface area contributed by atoms with Crippen molar-refractivity contribution in [1.29, 1.82) is 0 Å². The normalized spacial score (nSPS) is 14.9. The van der Waals surface area contributed by atoms with Gasteiger partial charge in [0.15, 0.2) is 0 Å². The zero-order chi connectivity index (χ0) is 16.4. The minimum absolute atomic E-state index is 0.115. The molecule has 3 atom stereocenters. The van der Waals surface area contributed by atoms with E-state index in [1.807, 2.05) is 20.1 Å². The Labute approximate surface area is 129 Å². The van der Waals surface area contributed by atoms with E-state index in [-0.39, 0.29) is 11.8 Å². The molecule has 0 aliphatic carbocycles. The van der Waals surface area contributed by atoms with Gasteiger partial charge in [0.25, 0.3) is 0 Å². The second kappa shape index (κ2) is 10.4. The monoisotopic (exact) mass is 319 g/mol. The number of hydrogen-bond acceptors (Lipinski definition) is 5. The Morgan fingerprint density at radius 2 is 1.90 bits per heavy atom. The SMILES string of the molecule is CCC(C)C(NC(=O)C(N)CCSC)C(=O)NCC(=O)O. The van der Waals surface area contributed by atoms with E-state index in [4.69, 9.17) is 10.8 Å². The molecule has 0 aromatic heterocycles. The second-order valence-electron chi connectivity index (χ2n) is 4.87. The van der Waals surface area contributed by atoms with E-state index in [9.17, 15) is 14.4 Å². The molecule has 0 aliphatic rings. The van der Waals surface area contributed by atoms with Gasteiger partial charge in [-0.1, -0.05) is 20.3 Å². The first-order valence-corrected chi connectivity index (χ1v) is 8.27. The number of carbonyl (C=O) groups excluding carboxylic acids is 2. The molecule has 0 aliphatic heterocycles. The Morgan fingerprint density at radius 1 is 1.29 bits per heavy atom. The van der Waals surface area contributed by atoms with Crippen LogP contribution in [0.4, 0.5) is 0 Å². The molecule has 0 rings (SSSR count). The molecule has 0 saturated carbocycles. The van der Waals surface area contributed by atoms with Gasteiger partial charge < -0.3 is 21.5 Å². The van der Waals surface area contributed by atoms with Crippen molar-refractivity contribution >= 4 is 29.5 Å². The Morgan fingerprint density at radius 3 is 2.38 bits per heavy atom. The number of carboxylic acids is 1. The van der Waals surface area contributed by atoms with Gasteiger partial charge in [0.1, 0.15) is 12.6 Å². The number of thioether (sulfide) groups is 1. The van der Waals surface area contributed by atoms with Gasteiger partial charge in [0, 0.05) is 0 Å². The summed E-state index contributed by atoms with van der Waals surface area (Å²) in [6, 6.07) is -1.45. The molecule has 21 heavy (non-hydrogen) atoms. The second-order valence-corrected chi connectivity index (χ2v) is 5.86. The standard InChI is InChI=1S/C13H25N3O4S/c1-4-8(2)11(13(20)15-7-10(17)18)16-12(19)9(14)5-6-21-3/h8-9,11H,4-7,14H2,1-3H3,(H,15,20)(H,16,19)(H,17,18). The molecule has 7 nitrogen and oxygen atoms in total. The molecule has 0 saturated heterocycles. The van der Waals surface area contributed by atoms with Crippen molar-refractivity contribution in [2.75, 3.05) is 18.6 Å². The summed E-state index contributed by atoms with van der Waals surface area (Å²) in [5, 5.41) is 13.5. The Balaban J connectivity index is 4.65. The maximum absolute atomic E-state index is 12.0. The van der Waals surface area contributed by atoms with Gasteiger partial charge in [-0.3, -0.25) is 14.4 Å². The van der Waals surface area contributed by atoms with Crippen LogP contribution in [0.25, 0.3) is 0 Å². The molecule has 0 aromatic rings. The van der Waals surface area contributed by atoms with Crippen molar-refractivity contribution in [3.05, 3.63) is 0 Å². The maximum atomic E-state index is 12.0. The number of hydrogen-bond donors (Lipinski definition) is 4. The first-order valence-electron chi connectivity index (χ1n) is 6.87. The first-order chi connectivity index (χ1) is 9.83. The molecule has 3 unspecified atom stereocenters. The number of nitrogens with one attached hydrogen (secondary N) is 2. The van der Waals surface area contributed by atoms with E-state index in [1.54, 1.807) is 11.8 Å². The van der Waals surface area contributed by atoms with E-state index in [1.165, 1.54) is 0 Å². The molecular formula is C13H25N3O4S. The van der Waals surface area contributed by atoms with E-state index in [2.05, 4.69) is 10.6 Å². The van der Waals surface area contributed by atoms with Crippen LogP contribution >= 0.6 is 11.8 Å². The quantitative estimate of drug-likeness (QED) is 0.442. The largest absolute Gasteiger partial charge is 0.480 e. The smallest absolute Gasteiger partial charge is 0.322 e. The minimum Gasteiger partial charge on any atom is -0.480 e. The Kier molecular flexibility index (Phi) is 9.81. The fourth-order valence-corrected chi connectivity index (χ4v) is 2.10. The van der Waals surface area contributed by atoms with Gasteiger partial charge in [-0.25, -0.2) is 0 Å². The van der Waals surface area contributed by atoms with E-state index in [0.717, 1.165) is 5.75 Å². The molecule has 122 valence electrons. The molecule has 0 fully saturated rings. The van der Waals surface area contributed by atoms with Crippen molar-refractivity contribution in [2.24, 2.45) is 11.7 Å². The summed E-state index contributed by atoms with van der Waals surface area (Å²) in [5.41, 5.74) is 5.76. The molecule has 5 N–H and O–H groups in total. The lowest BCUT2D eigenvalue weighted by molar-refractivity contribution is -0.138. The number of amides is 2. The summed E-state index contributed by atoms with van der Waals surface area (Å²) in [5.74, 6) is -1.38. The van der Waals surface area contributed by atoms with E-state index >= 15 is 0 Å². The number of aliphatic carboxylic acids is 1. The topological polar surface area (TPSA) is 122 Å². The zero-order valence-electron chi connectivity index (χ0n) is 12.7. The lowest BCUT2D eigenvalue weighted by Crippen LogP contribution is -2.54. The van der Waals surface area contributed by atoms with Crippen molar-refractivity contribution in [3.63, 3.8) is 0 Å². The van der Waals surface area contributed by atoms with Crippen molar-refractivity contribution in [2.45, 2.75) is 38.8 Å². The lowest BCUT2D eigenvalue weighted by Gasteiger charge is -2.24. The summed E-state index contributed by atoms with van der Waals surface area (Å²) in [7, 11) is 0. The first kappa shape index (κ1) is 19.7. The fourth-order valence-electron chi connectivity index (χ4n) is 1.61. The number of carboxylic acid groups (broad SMARTS) is 1. The minimum atomic E-state index is -1.13. The highest BCUT2D eigenvalue weighted by molar-refractivity contribution is 7.98. The number of nitrogens with two attached hydrogens (primary N) is 1. The summed E-state index contributed by atoms with van der Waals surface area (Å²) >= 11 is 1.59. The fraction of sp³-hybridized carbons (Fsp3) is 0.769. The highest BCUT2D eigenvalue weighted by Gasteiger charge is 2.27. The van der Waals surface area contributed by atoms with Crippen LogP contribution in [-0.2, 0) is 14.4 Å². The number of carbonyl (C=O) groups is 3. The predicted octanol–water partition coefficient (Wildman–Crippen LogP) is -0.201. The molecule has 0 heterocycles. The average molecular weight is 319 g/mol. The van der Waals surface area contributed by atoms with Gasteiger partial charge in [0.05, 0.1) is 6.04 Å². The molecule has 2 amide bonds. The highest BCUT2D eigenvalue weighted by atomic mass is 32.2. The van der Waals surface area contributed by atoms with Crippen molar-refractivity contribution in [3.8, 4) is 0 Å². The number of rotatable bonds is 10. The van der Waals surface area contributed by atoms with Gasteiger partial charge in [-0.2, -0.15) is 11.8 Å². The molecule has 0 aromatic carbocycles. The van der Waals surface area contributed by atoms with E-state index in [0.29, 0.717) is 12.8 Å². The average Bonchev–Trinajstić information content (AvgIpc) is 2.46. The lowest BCUT2D eigenvalue weighted by atomic mass is 9.97. The molecular weight excluding hydrogens is 294 g/mol. The third kappa shape index (κ3) is 7.91. The Bertz CT molecular complexity index is 365. The highest BCUT2D eigenvalue weighted by Crippen LogP contribution is 2.09. The molecule has 0 spiro atoms. The van der Waals surface area contributed by atoms with Gasteiger partial charge >= 0.3 is 5.97 Å². The summed E-state index contributed by atoms with van der Waals surface area (Å²) < 4.78 is 0. The third-order valence-electron chi connectivity index (χ3n) is 3.18. The summed E-state index contributed by atoms with van der Waals surface area (Å²) in [6.45, 7) is 3.24. The van der Waals surface area contributed by atoms with Gasteiger partial charge in [-0.15, -0.1) is 0 Å².